The Morgan fingerprint density at radius 2 is 1.62 bits per heavy atom. The highest BCUT2D eigenvalue weighted by Gasteiger charge is 2.12. The van der Waals surface area contributed by atoms with Crippen molar-refractivity contribution in [3.63, 3.8) is 0 Å². The van der Waals surface area contributed by atoms with E-state index in [1.165, 1.54) is 35.0 Å². The van der Waals surface area contributed by atoms with Gasteiger partial charge in [-0.15, -0.1) is 0 Å². The van der Waals surface area contributed by atoms with Crippen molar-refractivity contribution in [3.05, 3.63) is 108 Å². The number of nitrogens with two attached hydrogens (primary N) is 1. The smallest absolute Gasteiger partial charge is 0.385 e. The molecule has 3 aromatic carbocycles. The normalized spacial score (nSPS) is 11.2. The van der Waals surface area contributed by atoms with E-state index in [0.717, 1.165) is 11.1 Å². The second-order valence-corrected chi connectivity index (χ2v) is 6.77. The first-order chi connectivity index (χ1) is 15.6. The largest absolute Gasteiger partial charge is 0.471 e. The number of ether oxygens (including phenoxy) is 1. The average Bonchev–Trinajstić information content (AvgIpc) is 3.32. The molecule has 0 saturated heterocycles. The number of benzene rings is 3. The van der Waals surface area contributed by atoms with Gasteiger partial charge in [-0.2, -0.15) is 5.10 Å². The number of hydrogen-bond donors (Lipinski definition) is 1. The number of amidine groups is 1. The lowest BCUT2D eigenvalue weighted by Crippen LogP contribution is -2.15. The van der Waals surface area contributed by atoms with Gasteiger partial charge in [-0.25, -0.2) is 13.9 Å². The molecule has 0 radical (unpaired) electrons. The van der Waals surface area contributed by atoms with Crippen LogP contribution in [0.5, 0.6) is 5.75 Å². The average molecular weight is 430 g/mol. The SMILES string of the molecule is N/C(=N\OC(=O)c1ccn(COc2ccc(-c3ccccc3)cc2)n1)c1ccc(F)cc1. The van der Waals surface area contributed by atoms with Crippen LogP contribution in [0, 0.1) is 5.82 Å². The molecule has 32 heavy (non-hydrogen) atoms. The molecule has 2 N–H and O–H groups in total. The Bertz CT molecular complexity index is 1220. The summed E-state index contributed by atoms with van der Waals surface area (Å²) < 4.78 is 20.1. The van der Waals surface area contributed by atoms with Crippen LogP contribution >= 0.6 is 0 Å². The number of aromatic nitrogens is 2. The fourth-order valence-electron chi connectivity index (χ4n) is 2.87. The first-order valence-electron chi connectivity index (χ1n) is 9.71. The van der Waals surface area contributed by atoms with Gasteiger partial charge in [0.15, 0.2) is 18.3 Å². The molecule has 8 heteroatoms. The lowest BCUT2D eigenvalue weighted by atomic mass is 10.1. The van der Waals surface area contributed by atoms with Crippen molar-refractivity contribution in [2.24, 2.45) is 10.9 Å². The van der Waals surface area contributed by atoms with Crippen molar-refractivity contribution >= 4 is 11.8 Å². The van der Waals surface area contributed by atoms with Crippen molar-refractivity contribution in [2.45, 2.75) is 6.73 Å². The summed E-state index contributed by atoms with van der Waals surface area (Å²) >= 11 is 0. The molecular weight excluding hydrogens is 411 g/mol. The van der Waals surface area contributed by atoms with Crippen molar-refractivity contribution in [1.29, 1.82) is 0 Å². The third kappa shape index (κ3) is 5.17. The van der Waals surface area contributed by atoms with Crippen LogP contribution in [0.25, 0.3) is 11.1 Å². The third-order valence-electron chi connectivity index (χ3n) is 4.54. The second-order valence-electron chi connectivity index (χ2n) is 6.77. The monoisotopic (exact) mass is 430 g/mol. The van der Waals surface area contributed by atoms with Gasteiger partial charge in [-0.3, -0.25) is 0 Å². The molecule has 0 spiro atoms. The standard InChI is InChI=1S/C24H19FN4O3/c25-20-10-6-19(7-11-20)23(26)28-32-24(30)22-14-15-29(27-22)16-31-21-12-8-18(9-13-21)17-4-2-1-3-5-17/h1-15H,16H2,(H2,26,28). The lowest BCUT2D eigenvalue weighted by Gasteiger charge is -2.07. The summed E-state index contributed by atoms with van der Waals surface area (Å²) in [4.78, 5) is 17.0. The number of rotatable bonds is 7. The molecule has 4 rings (SSSR count). The van der Waals surface area contributed by atoms with Crippen LogP contribution in [0.2, 0.25) is 0 Å². The molecule has 0 aliphatic carbocycles. The molecule has 0 fully saturated rings. The number of carbonyl (C=O) groups excluding carboxylic acids is 1. The summed E-state index contributed by atoms with van der Waals surface area (Å²) in [5.41, 5.74) is 8.42. The van der Waals surface area contributed by atoms with E-state index >= 15 is 0 Å². The van der Waals surface area contributed by atoms with Crippen LogP contribution in [0.1, 0.15) is 16.1 Å². The highest BCUT2D eigenvalue weighted by molar-refractivity contribution is 5.97. The Kier molecular flexibility index (Phi) is 6.22. The fraction of sp³-hybridized carbons (Fsp3) is 0.0417. The van der Waals surface area contributed by atoms with Gasteiger partial charge in [-0.05, 0) is 53.6 Å². The van der Waals surface area contributed by atoms with E-state index in [4.69, 9.17) is 15.3 Å². The van der Waals surface area contributed by atoms with Gasteiger partial charge in [0.25, 0.3) is 0 Å². The van der Waals surface area contributed by atoms with Crippen LogP contribution in [-0.2, 0) is 11.6 Å². The van der Waals surface area contributed by atoms with E-state index < -0.39 is 11.8 Å². The van der Waals surface area contributed by atoms with Crippen LogP contribution in [0.3, 0.4) is 0 Å². The summed E-state index contributed by atoms with van der Waals surface area (Å²) in [6.07, 6.45) is 1.59. The highest BCUT2D eigenvalue weighted by Crippen LogP contribution is 2.22. The topological polar surface area (TPSA) is 91.7 Å². The van der Waals surface area contributed by atoms with Gasteiger partial charge in [0, 0.05) is 11.8 Å². The molecule has 0 amide bonds. The Morgan fingerprint density at radius 3 is 2.34 bits per heavy atom. The van der Waals surface area contributed by atoms with E-state index in [1.54, 1.807) is 6.20 Å². The molecule has 0 aliphatic heterocycles. The van der Waals surface area contributed by atoms with Gasteiger partial charge in [0.05, 0.1) is 0 Å². The minimum atomic E-state index is -0.777. The van der Waals surface area contributed by atoms with E-state index in [1.807, 2.05) is 54.6 Å². The molecule has 0 atom stereocenters. The molecular formula is C24H19FN4O3. The number of nitrogens with zero attached hydrogens (tertiary/aromatic N) is 3. The maximum Gasteiger partial charge on any atom is 0.385 e. The Hall–Kier alpha value is -4.46. The first kappa shape index (κ1) is 20.8. The molecule has 0 saturated carbocycles. The molecule has 160 valence electrons. The number of oxime groups is 1. The minimum Gasteiger partial charge on any atom is -0.471 e. The van der Waals surface area contributed by atoms with Crippen molar-refractivity contribution in [1.82, 2.24) is 9.78 Å². The Morgan fingerprint density at radius 1 is 0.938 bits per heavy atom. The molecule has 0 bridgehead atoms. The van der Waals surface area contributed by atoms with Gasteiger partial charge in [-0.1, -0.05) is 47.6 Å². The summed E-state index contributed by atoms with van der Waals surface area (Å²) in [7, 11) is 0. The van der Waals surface area contributed by atoms with Crippen molar-refractivity contribution in [3.8, 4) is 16.9 Å². The van der Waals surface area contributed by atoms with E-state index in [2.05, 4.69) is 10.3 Å². The zero-order valence-corrected chi connectivity index (χ0v) is 16.9. The summed E-state index contributed by atoms with van der Waals surface area (Å²) in [6, 6.07) is 24.5. The highest BCUT2D eigenvalue weighted by atomic mass is 19.1. The van der Waals surface area contributed by atoms with E-state index in [0.29, 0.717) is 11.3 Å². The summed E-state index contributed by atoms with van der Waals surface area (Å²) in [6.45, 7) is 0.110. The van der Waals surface area contributed by atoms with E-state index in [-0.39, 0.29) is 18.3 Å². The molecule has 0 aliphatic rings. The Labute approximate surface area is 183 Å². The van der Waals surface area contributed by atoms with Crippen LogP contribution in [0.4, 0.5) is 4.39 Å². The fourth-order valence-corrected chi connectivity index (χ4v) is 2.87. The van der Waals surface area contributed by atoms with Crippen LogP contribution < -0.4 is 10.5 Å². The predicted molar refractivity (Wildman–Crippen MR) is 117 cm³/mol. The Balaban J connectivity index is 1.32. The maximum atomic E-state index is 13.0. The first-order valence-corrected chi connectivity index (χ1v) is 9.71. The van der Waals surface area contributed by atoms with Gasteiger partial charge < -0.3 is 15.3 Å². The number of carbonyl (C=O) groups is 1. The number of halogens is 1. The quantitative estimate of drug-likeness (QED) is 0.205. The second kappa shape index (κ2) is 9.57. The third-order valence-corrected chi connectivity index (χ3v) is 4.54. The van der Waals surface area contributed by atoms with Gasteiger partial charge in [0.2, 0.25) is 0 Å². The number of hydrogen-bond acceptors (Lipinski definition) is 5. The van der Waals surface area contributed by atoms with Gasteiger partial charge in [0.1, 0.15) is 11.6 Å². The molecule has 1 aromatic heterocycles. The predicted octanol–water partition coefficient (Wildman–Crippen LogP) is 4.20. The molecule has 7 nitrogen and oxygen atoms in total. The van der Waals surface area contributed by atoms with Gasteiger partial charge >= 0.3 is 5.97 Å². The molecule has 1 heterocycles. The molecule has 0 unspecified atom stereocenters. The summed E-state index contributed by atoms with van der Waals surface area (Å²) in [5.74, 6) is -0.569. The van der Waals surface area contributed by atoms with Crippen LogP contribution in [-0.4, -0.2) is 21.6 Å². The zero-order chi connectivity index (χ0) is 22.3. The lowest BCUT2D eigenvalue weighted by molar-refractivity contribution is 0.0507. The maximum absolute atomic E-state index is 13.0. The van der Waals surface area contributed by atoms with E-state index in [9.17, 15) is 9.18 Å². The minimum absolute atomic E-state index is 0.0451. The van der Waals surface area contributed by atoms with Crippen LogP contribution in [0.15, 0.2) is 96.3 Å². The zero-order valence-electron chi connectivity index (χ0n) is 16.9. The van der Waals surface area contributed by atoms with Crippen molar-refractivity contribution < 1.29 is 18.8 Å². The summed E-state index contributed by atoms with van der Waals surface area (Å²) in [5, 5.41) is 7.69. The van der Waals surface area contributed by atoms with Crippen molar-refractivity contribution in [2.75, 3.05) is 0 Å². The molecule has 4 aromatic rings.